The van der Waals surface area contributed by atoms with Crippen LogP contribution in [0, 0.1) is 0 Å². The van der Waals surface area contributed by atoms with Gasteiger partial charge in [-0.15, -0.1) is 0 Å². The zero-order valence-corrected chi connectivity index (χ0v) is 11.2. The number of hydrogen-bond acceptors (Lipinski definition) is 4. The molecule has 1 unspecified atom stereocenters. The lowest BCUT2D eigenvalue weighted by Gasteiger charge is -2.19. The van der Waals surface area contributed by atoms with E-state index in [-0.39, 0.29) is 18.6 Å². The summed E-state index contributed by atoms with van der Waals surface area (Å²) in [5, 5.41) is 11.6. The van der Waals surface area contributed by atoms with Crippen molar-refractivity contribution in [2.24, 2.45) is 0 Å². The molecule has 0 aliphatic rings. The van der Waals surface area contributed by atoms with Crippen molar-refractivity contribution < 1.29 is 14.6 Å². The molecule has 0 rings (SSSR count). The number of nitrogens with one attached hydrogen (secondary N) is 1. The molecule has 0 aliphatic carbocycles. The van der Waals surface area contributed by atoms with Crippen LogP contribution in [0.3, 0.4) is 0 Å². The Morgan fingerprint density at radius 2 is 2.18 bits per heavy atom. The average molecular weight is 246 g/mol. The van der Waals surface area contributed by atoms with Crippen molar-refractivity contribution in [1.29, 1.82) is 0 Å². The Hall–Kier alpha value is -0.650. The van der Waals surface area contributed by atoms with Crippen molar-refractivity contribution in [2.75, 3.05) is 40.5 Å². The summed E-state index contributed by atoms with van der Waals surface area (Å²) < 4.78 is 4.84. The van der Waals surface area contributed by atoms with Gasteiger partial charge in [0.15, 0.2) is 0 Å². The smallest absolute Gasteiger partial charge is 0.222 e. The Kier molecular flexibility index (Phi) is 10.1. The van der Waals surface area contributed by atoms with E-state index in [1.165, 1.54) is 0 Å². The van der Waals surface area contributed by atoms with E-state index in [2.05, 4.69) is 10.2 Å². The highest BCUT2D eigenvalue weighted by Gasteiger charge is 2.08. The van der Waals surface area contributed by atoms with Crippen LogP contribution in [0.15, 0.2) is 0 Å². The lowest BCUT2D eigenvalue weighted by atomic mass is 10.2. The lowest BCUT2D eigenvalue weighted by Crippen LogP contribution is -2.36. The number of carbonyl (C=O) groups excluding carboxylic acids is 1. The first kappa shape index (κ1) is 16.4. The highest BCUT2D eigenvalue weighted by molar-refractivity contribution is 5.76. The summed E-state index contributed by atoms with van der Waals surface area (Å²) >= 11 is 0. The van der Waals surface area contributed by atoms with Gasteiger partial charge in [-0.1, -0.05) is 0 Å². The van der Waals surface area contributed by atoms with Crippen LogP contribution >= 0.6 is 0 Å². The normalized spacial score (nSPS) is 12.8. The van der Waals surface area contributed by atoms with Gasteiger partial charge in [-0.05, 0) is 33.4 Å². The van der Waals surface area contributed by atoms with Gasteiger partial charge in [0.2, 0.25) is 5.91 Å². The molecule has 17 heavy (non-hydrogen) atoms. The first-order chi connectivity index (χ1) is 8.10. The minimum absolute atomic E-state index is 0.0392. The van der Waals surface area contributed by atoms with Gasteiger partial charge in [-0.25, -0.2) is 0 Å². The van der Waals surface area contributed by atoms with Gasteiger partial charge in [0.25, 0.3) is 0 Å². The van der Waals surface area contributed by atoms with Crippen LogP contribution in [0.25, 0.3) is 0 Å². The Morgan fingerprint density at radius 3 is 2.76 bits per heavy atom. The molecule has 0 aliphatic heterocycles. The Morgan fingerprint density at radius 1 is 1.47 bits per heavy atom. The Bertz CT molecular complexity index is 200. The summed E-state index contributed by atoms with van der Waals surface area (Å²) in [7, 11) is 3.61. The van der Waals surface area contributed by atoms with Gasteiger partial charge in [0.1, 0.15) is 0 Å². The largest absolute Gasteiger partial charge is 0.396 e. The number of amides is 1. The van der Waals surface area contributed by atoms with Gasteiger partial charge in [0, 0.05) is 32.7 Å². The predicted octanol–water partition coefficient (Wildman–Crippen LogP) is 0.232. The molecule has 102 valence electrons. The fourth-order valence-electron chi connectivity index (χ4n) is 1.48. The van der Waals surface area contributed by atoms with E-state index in [9.17, 15) is 4.79 Å². The highest BCUT2D eigenvalue weighted by atomic mass is 16.5. The third-order valence-electron chi connectivity index (χ3n) is 2.58. The van der Waals surface area contributed by atoms with Crippen LogP contribution in [-0.4, -0.2) is 62.4 Å². The number of aliphatic hydroxyl groups is 1. The number of aliphatic hydroxyl groups excluding tert-OH is 1. The minimum Gasteiger partial charge on any atom is -0.396 e. The second kappa shape index (κ2) is 10.5. The van der Waals surface area contributed by atoms with Crippen LogP contribution in [-0.2, 0) is 9.53 Å². The number of methoxy groups -OCH3 is 1. The summed E-state index contributed by atoms with van der Waals surface area (Å²) in [6.45, 7) is 4.51. The molecule has 0 fully saturated rings. The summed E-state index contributed by atoms with van der Waals surface area (Å²) in [6.07, 6.45) is 2.13. The summed E-state index contributed by atoms with van der Waals surface area (Å²) in [5.41, 5.74) is 0. The Balaban J connectivity index is 3.57. The molecule has 2 N–H and O–H groups in total. The summed E-state index contributed by atoms with van der Waals surface area (Å²) in [6, 6.07) is 0.177. The van der Waals surface area contributed by atoms with Crippen LogP contribution in [0.1, 0.15) is 26.2 Å². The van der Waals surface area contributed by atoms with E-state index >= 15 is 0 Å². The maximum Gasteiger partial charge on any atom is 0.222 e. The molecule has 0 saturated heterocycles. The lowest BCUT2D eigenvalue weighted by molar-refractivity contribution is -0.122. The molecule has 0 bridgehead atoms. The van der Waals surface area contributed by atoms with Crippen LogP contribution in [0.4, 0.5) is 0 Å². The van der Waals surface area contributed by atoms with Crippen molar-refractivity contribution in [1.82, 2.24) is 10.2 Å². The topological polar surface area (TPSA) is 61.8 Å². The molecule has 0 aromatic rings. The quantitative estimate of drug-likeness (QED) is 0.579. The number of nitrogens with zero attached hydrogens (tertiary/aromatic N) is 1. The molecule has 0 aromatic carbocycles. The standard InChI is InChI=1S/C12H26N2O3/c1-11(13-12(16)6-10-17-3)5-8-14(2)7-4-9-15/h11,15H,4-10H2,1-3H3,(H,13,16). The fourth-order valence-corrected chi connectivity index (χ4v) is 1.48. The Labute approximate surface area is 104 Å². The van der Waals surface area contributed by atoms with E-state index in [4.69, 9.17) is 9.84 Å². The predicted molar refractivity (Wildman–Crippen MR) is 67.9 cm³/mol. The van der Waals surface area contributed by atoms with E-state index in [1.54, 1.807) is 7.11 Å². The molecule has 5 heteroatoms. The van der Waals surface area contributed by atoms with E-state index < -0.39 is 0 Å². The number of ether oxygens (including phenoxy) is 1. The highest BCUT2D eigenvalue weighted by Crippen LogP contribution is 1.96. The van der Waals surface area contributed by atoms with Crippen molar-refractivity contribution in [3.05, 3.63) is 0 Å². The van der Waals surface area contributed by atoms with Crippen molar-refractivity contribution in [2.45, 2.75) is 32.2 Å². The molecule has 0 spiro atoms. The zero-order chi connectivity index (χ0) is 13.1. The molecule has 5 nitrogen and oxygen atoms in total. The second-order valence-electron chi connectivity index (χ2n) is 4.38. The van der Waals surface area contributed by atoms with E-state index in [0.717, 1.165) is 25.9 Å². The minimum atomic E-state index is 0.0392. The fraction of sp³-hybridized carbons (Fsp3) is 0.917. The van der Waals surface area contributed by atoms with Gasteiger partial charge < -0.3 is 20.1 Å². The second-order valence-corrected chi connectivity index (χ2v) is 4.38. The van der Waals surface area contributed by atoms with E-state index in [1.807, 2.05) is 14.0 Å². The molecule has 0 radical (unpaired) electrons. The molecule has 0 heterocycles. The van der Waals surface area contributed by atoms with Gasteiger partial charge in [-0.3, -0.25) is 4.79 Å². The summed E-state index contributed by atoms with van der Waals surface area (Å²) in [4.78, 5) is 13.6. The third kappa shape index (κ3) is 10.2. The third-order valence-corrected chi connectivity index (χ3v) is 2.58. The number of hydrogen-bond donors (Lipinski definition) is 2. The molecular formula is C12H26N2O3. The average Bonchev–Trinajstić information content (AvgIpc) is 2.31. The zero-order valence-electron chi connectivity index (χ0n) is 11.2. The number of rotatable bonds is 10. The van der Waals surface area contributed by atoms with Crippen molar-refractivity contribution in [3.63, 3.8) is 0 Å². The maximum absolute atomic E-state index is 11.4. The molecule has 1 atom stereocenters. The first-order valence-electron chi connectivity index (χ1n) is 6.17. The molecule has 1 amide bonds. The van der Waals surface area contributed by atoms with Gasteiger partial charge in [-0.2, -0.15) is 0 Å². The van der Waals surface area contributed by atoms with E-state index in [0.29, 0.717) is 13.0 Å². The molecule has 0 aromatic heterocycles. The summed E-state index contributed by atoms with van der Waals surface area (Å²) in [5.74, 6) is 0.0392. The monoisotopic (exact) mass is 246 g/mol. The molecular weight excluding hydrogens is 220 g/mol. The van der Waals surface area contributed by atoms with Gasteiger partial charge in [0.05, 0.1) is 6.61 Å². The van der Waals surface area contributed by atoms with Crippen LogP contribution in [0.5, 0.6) is 0 Å². The van der Waals surface area contributed by atoms with Crippen molar-refractivity contribution in [3.8, 4) is 0 Å². The maximum atomic E-state index is 11.4. The molecule has 0 saturated carbocycles. The van der Waals surface area contributed by atoms with Crippen LogP contribution in [0.2, 0.25) is 0 Å². The first-order valence-corrected chi connectivity index (χ1v) is 6.17. The van der Waals surface area contributed by atoms with Crippen LogP contribution < -0.4 is 5.32 Å². The van der Waals surface area contributed by atoms with Crippen molar-refractivity contribution >= 4 is 5.91 Å². The SMILES string of the molecule is COCCC(=O)NC(C)CCN(C)CCCO. The number of carbonyl (C=O) groups is 1. The van der Waals surface area contributed by atoms with Gasteiger partial charge >= 0.3 is 0 Å².